The lowest BCUT2D eigenvalue weighted by Crippen LogP contribution is -2.11. The first-order valence-electron chi connectivity index (χ1n) is 6.78. The van der Waals surface area contributed by atoms with Crippen molar-refractivity contribution in [2.24, 2.45) is 0 Å². The molecule has 110 valence electrons. The number of nitrogens with zero attached hydrogens (tertiary/aromatic N) is 2. The third kappa shape index (κ3) is 2.69. The van der Waals surface area contributed by atoms with Crippen LogP contribution < -0.4 is 0 Å². The lowest BCUT2D eigenvalue weighted by atomic mass is 10.1. The average molecular weight is 294 g/mol. The molecular formula is C17H14N2O3. The maximum absolute atomic E-state index is 11.1. The van der Waals surface area contributed by atoms with Gasteiger partial charge in [-0.15, -0.1) is 0 Å². The van der Waals surface area contributed by atoms with Gasteiger partial charge in [0.2, 0.25) is 0 Å². The number of phenolic OH excluding ortho intramolecular Hbond substituents is 1. The van der Waals surface area contributed by atoms with E-state index >= 15 is 0 Å². The van der Waals surface area contributed by atoms with E-state index in [-0.39, 0.29) is 12.3 Å². The summed E-state index contributed by atoms with van der Waals surface area (Å²) in [5.41, 5.74) is 2.68. The molecule has 0 bridgehead atoms. The molecule has 0 saturated heterocycles. The van der Waals surface area contributed by atoms with E-state index in [2.05, 4.69) is 5.10 Å². The molecule has 0 amide bonds. The quantitative estimate of drug-likeness (QED) is 0.775. The van der Waals surface area contributed by atoms with Gasteiger partial charge in [-0.25, -0.2) is 0 Å². The number of carbonyl (C=O) groups is 1. The summed E-state index contributed by atoms with van der Waals surface area (Å²) in [7, 11) is 0. The first-order valence-corrected chi connectivity index (χ1v) is 6.78. The van der Waals surface area contributed by atoms with Gasteiger partial charge in [0.05, 0.1) is 11.4 Å². The van der Waals surface area contributed by atoms with Crippen LogP contribution in [0.1, 0.15) is 0 Å². The van der Waals surface area contributed by atoms with Crippen molar-refractivity contribution in [3.05, 3.63) is 60.7 Å². The number of aromatic nitrogens is 2. The van der Waals surface area contributed by atoms with E-state index in [1.54, 1.807) is 30.3 Å². The monoisotopic (exact) mass is 294 g/mol. The van der Waals surface area contributed by atoms with Gasteiger partial charge in [-0.05, 0) is 23.8 Å². The summed E-state index contributed by atoms with van der Waals surface area (Å²) < 4.78 is 1.43. The molecule has 1 heterocycles. The van der Waals surface area contributed by atoms with E-state index < -0.39 is 5.97 Å². The Kier molecular flexibility index (Phi) is 3.62. The zero-order valence-electron chi connectivity index (χ0n) is 11.7. The van der Waals surface area contributed by atoms with Crippen LogP contribution in [0.25, 0.3) is 22.5 Å². The van der Waals surface area contributed by atoms with Gasteiger partial charge in [0.1, 0.15) is 12.3 Å². The van der Waals surface area contributed by atoms with Gasteiger partial charge >= 0.3 is 5.97 Å². The smallest absolute Gasteiger partial charge is 0.325 e. The number of carboxylic acids is 1. The van der Waals surface area contributed by atoms with Crippen LogP contribution in [-0.2, 0) is 11.3 Å². The number of aromatic hydroxyl groups is 1. The molecule has 5 nitrogen and oxygen atoms in total. The predicted molar refractivity (Wildman–Crippen MR) is 82.4 cm³/mol. The molecule has 0 radical (unpaired) electrons. The fourth-order valence-electron chi connectivity index (χ4n) is 2.33. The Balaban J connectivity index is 2.13. The molecule has 0 aliphatic carbocycles. The van der Waals surface area contributed by atoms with Crippen molar-refractivity contribution in [3.63, 3.8) is 0 Å². The third-order valence-electron chi connectivity index (χ3n) is 3.31. The van der Waals surface area contributed by atoms with Crippen molar-refractivity contribution in [2.75, 3.05) is 0 Å². The Labute approximate surface area is 127 Å². The molecule has 3 rings (SSSR count). The van der Waals surface area contributed by atoms with Crippen molar-refractivity contribution >= 4 is 5.97 Å². The summed E-state index contributed by atoms with van der Waals surface area (Å²) in [6, 6.07) is 18.1. The maximum Gasteiger partial charge on any atom is 0.325 e. The number of para-hydroxylation sites is 1. The van der Waals surface area contributed by atoms with Crippen molar-refractivity contribution < 1.29 is 15.0 Å². The minimum absolute atomic E-state index is 0.113. The largest absolute Gasteiger partial charge is 0.507 e. The lowest BCUT2D eigenvalue weighted by molar-refractivity contribution is -0.137. The Morgan fingerprint density at radius 2 is 1.73 bits per heavy atom. The number of rotatable bonds is 4. The van der Waals surface area contributed by atoms with Crippen LogP contribution in [0.2, 0.25) is 0 Å². The van der Waals surface area contributed by atoms with Crippen molar-refractivity contribution in [1.29, 1.82) is 0 Å². The molecule has 2 N–H and O–H groups in total. The first-order chi connectivity index (χ1) is 10.6. The van der Waals surface area contributed by atoms with E-state index in [1.165, 1.54) is 4.68 Å². The number of carboxylic acid groups (broad SMARTS) is 1. The first kappa shape index (κ1) is 13.9. The maximum atomic E-state index is 11.1. The van der Waals surface area contributed by atoms with E-state index in [9.17, 15) is 9.90 Å². The normalized spacial score (nSPS) is 10.5. The van der Waals surface area contributed by atoms with Gasteiger partial charge in [0, 0.05) is 5.56 Å². The Bertz CT molecular complexity index is 810. The molecule has 0 saturated carbocycles. The highest BCUT2D eigenvalue weighted by atomic mass is 16.4. The van der Waals surface area contributed by atoms with E-state index in [0.29, 0.717) is 17.0 Å². The molecule has 1 aromatic heterocycles. The van der Waals surface area contributed by atoms with Crippen LogP contribution in [0.15, 0.2) is 60.7 Å². The zero-order chi connectivity index (χ0) is 15.5. The summed E-state index contributed by atoms with van der Waals surface area (Å²) >= 11 is 0. The summed E-state index contributed by atoms with van der Waals surface area (Å²) in [5.74, 6) is -0.855. The number of hydrogen-bond acceptors (Lipinski definition) is 3. The molecule has 0 atom stereocenters. The molecule has 0 fully saturated rings. The highest BCUT2D eigenvalue weighted by molar-refractivity contribution is 5.74. The topological polar surface area (TPSA) is 75.3 Å². The van der Waals surface area contributed by atoms with Crippen LogP contribution in [-0.4, -0.2) is 26.0 Å². The fourth-order valence-corrected chi connectivity index (χ4v) is 2.33. The van der Waals surface area contributed by atoms with Gasteiger partial charge in [-0.3, -0.25) is 9.48 Å². The molecule has 5 heteroatoms. The molecule has 0 unspecified atom stereocenters. The van der Waals surface area contributed by atoms with Gasteiger partial charge in [-0.2, -0.15) is 5.10 Å². The number of aliphatic carboxylic acids is 1. The van der Waals surface area contributed by atoms with E-state index in [0.717, 1.165) is 5.56 Å². The molecule has 0 aliphatic heterocycles. The van der Waals surface area contributed by atoms with Crippen LogP contribution in [0.4, 0.5) is 0 Å². The zero-order valence-corrected chi connectivity index (χ0v) is 11.7. The molecule has 3 aromatic rings. The SMILES string of the molecule is O=C(O)Cn1nc(-c2ccccc2O)cc1-c1ccccc1. The van der Waals surface area contributed by atoms with E-state index in [4.69, 9.17) is 5.11 Å². The summed E-state index contributed by atoms with van der Waals surface area (Å²) in [6.45, 7) is -0.238. The van der Waals surface area contributed by atoms with E-state index in [1.807, 2.05) is 30.3 Å². The van der Waals surface area contributed by atoms with Crippen LogP contribution in [0.3, 0.4) is 0 Å². The van der Waals surface area contributed by atoms with Crippen molar-refractivity contribution in [1.82, 2.24) is 9.78 Å². The fraction of sp³-hybridized carbons (Fsp3) is 0.0588. The minimum Gasteiger partial charge on any atom is -0.507 e. The predicted octanol–water partition coefficient (Wildman–Crippen LogP) is 3.01. The molecule has 0 aliphatic rings. The second-order valence-electron chi connectivity index (χ2n) is 4.85. The van der Waals surface area contributed by atoms with Crippen LogP contribution >= 0.6 is 0 Å². The Morgan fingerprint density at radius 3 is 2.41 bits per heavy atom. The highest BCUT2D eigenvalue weighted by Gasteiger charge is 2.15. The van der Waals surface area contributed by atoms with Gasteiger partial charge in [-0.1, -0.05) is 42.5 Å². The number of benzene rings is 2. The number of phenols is 1. The van der Waals surface area contributed by atoms with Crippen molar-refractivity contribution in [3.8, 4) is 28.3 Å². The van der Waals surface area contributed by atoms with Gasteiger partial charge in [0.15, 0.2) is 0 Å². The second kappa shape index (κ2) is 5.73. The molecule has 0 spiro atoms. The van der Waals surface area contributed by atoms with Crippen LogP contribution in [0.5, 0.6) is 5.75 Å². The summed E-state index contributed by atoms with van der Waals surface area (Å²) in [6.07, 6.45) is 0. The lowest BCUT2D eigenvalue weighted by Gasteiger charge is -2.04. The third-order valence-corrected chi connectivity index (χ3v) is 3.31. The highest BCUT2D eigenvalue weighted by Crippen LogP contribution is 2.31. The molecule has 2 aromatic carbocycles. The Hall–Kier alpha value is -3.08. The second-order valence-corrected chi connectivity index (χ2v) is 4.85. The molecule has 22 heavy (non-hydrogen) atoms. The van der Waals surface area contributed by atoms with Gasteiger partial charge < -0.3 is 10.2 Å². The summed E-state index contributed by atoms with van der Waals surface area (Å²) in [5, 5.41) is 23.3. The Morgan fingerprint density at radius 1 is 1.05 bits per heavy atom. The number of hydrogen-bond donors (Lipinski definition) is 2. The van der Waals surface area contributed by atoms with Crippen molar-refractivity contribution in [2.45, 2.75) is 6.54 Å². The summed E-state index contributed by atoms with van der Waals surface area (Å²) in [4.78, 5) is 11.1. The average Bonchev–Trinajstić information content (AvgIpc) is 2.91. The van der Waals surface area contributed by atoms with Gasteiger partial charge in [0.25, 0.3) is 0 Å². The minimum atomic E-state index is -0.968. The van der Waals surface area contributed by atoms with Crippen LogP contribution in [0, 0.1) is 0 Å². The molecular weight excluding hydrogens is 280 g/mol. The standard InChI is InChI=1S/C17H14N2O3/c20-16-9-5-4-8-13(16)14-10-15(12-6-2-1-3-7-12)19(18-14)11-17(21)22/h1-10,20H,11H2,(H,21,22).